The SMILES string of the molecule is CCCCC(=O)c1cc(-c2csc(NC=O)n2)ccc1CCC.COCC(C)NC(=O)c1ccn(C)c1. The zero-order chi connectivity index (χ0) is 27.2. The Balaban J connectivity index is 0.000000294. The second-order valence-electron chi connectivity index (χ2n) is 8.84. The Morgan fingerprint density at radius 2 is 2.00 bits per heavy atom. The van der Waals surface area contributed by atoms with Crippen molar-refractivity contribution >= 4 is 34.6 Å². The van der Waals surface area contributed by atoms with Gasteiger partial charge in [-0.05, 0) is 37.5 Å². The first kappa shape index (κ1) is 29.9. The molecule has 0 saturated carbocycles. The molecule has 0 aliphatic rings. The van der Waals surface area contributed by atoms with Gasteiger partial charge in [-0.1, -0.05) is 38.8 Å². The van der Waals surface area contributed by atoms with E-state index in [-0.39, 0.29) is 17.7 Å². The van der Waals surface area contributed by atoms with E-state index in [0.717, 1.165) is 48.1 Å². The highest BCUT2D eigenvalue weighted by Gasteiger charge is 2.14. The lowest BCUT2D eigenvalue weighted by Crippen LogP contribution is -2.35. The van der Waals surface area contributed by atoms with Gasteiger partial charge in [0.1, 0.15) is 0 Å². The van der Waals surface area contributed by atoms with Crippen molar-refractivity contribution in [2.75, 3.05) is 19.0 Å². The fourth-order valence-electron chi connectivity index (χ4n) is 3.71. The van der Waals surface area contributed by atoms with E-state index in [0.29, 0.717) is 30.1 Å². The van der Waals surface area contributed by atoms with Crippen LogP contribution in [0.1, 0.15) is 72.7 Å². The van der Waals surface area contributed by atoms with Crippen LogP contribution in [0, 0.1) is 0 Å². The number of aryl methyl sites for hydroxylation is 2. The highest BCUT2D eigenvalue weighted by Crippen LogP contribution is 2.27. The number of carbonyl (C=O) groups excluding carboxylic acids is 3. The van der Waals surface area contributed by atoms with E-state index >= 15 is 0 Å². The van der Waals surface area contributed by atoms with E-state index in [4.69, 9.17) is 4.74 Å². The van der Waals surface area contributed by atoms with Crippen molar-refractivity contribution in [3.63, 3.8) is 0 Å². The normalized spacial score (nSPS) is 11.3. The van der Waals surface area contributed by atoms with Crippen molar-refractivity contribution in [3.05, 3.63) is 58.7 Å². The smallest absolute Gasteiger partial charge is 0.253 e. The molecule has 2 N–H and O–H groups in total. The molecule has 0 radical (unpaired) electrons. The maximum Gasteiger partial charge on any atom is 0.253 e. The number of hydrogen-bond donors (Lipinski definition) is 2. The fourth-order valence-corrected chi connectivity index (χ4v) is 4.39. The molecule has 1 aromatic carbocycles. The Morgan fingerprint density at radius 1 is 1.22 bits per heavy atom. The van der Waals surface area contributed by atoms with Crippen molar-refractivity contribution in [1.29, 1.82) is 0 Å². The number of unbranched alkanes of at least 4 members (excludes halogenated alkanes) is 1. The first-order chi connectivity index (χ1) is 17.8. The molecule has 200 valence electrons. The van der Waals surface area contributed by atoms with Crippen LogP contribution in [0.4, 0.5) is 5.13 Å². The van der Waals surface area contributed by atoms with Gasteiger partial charge in [0.05, 0.1) is 17.9 Å². The lowest BCUT2D eigenvalue weighted by Gasteiger charge is -2.11. The van der Waals surface area contributed by atoms with Gasteiger partial charge in [-0.15, -0.1) is 11.3 Å². The summed E-state index contributed by atoms with van der Waals surface area (Å²) in [7, 11) is 3.50. The molecule has 0 fully saturated rings. The van der Waals surface area contributed by atoms with Crippen LogP contribution in [0.2, 0.25) is 0 Å². The molecule has 3 aromatic rings. The van der Waals surface area contributed by atoms with E-state index < -0.39 is 0 Å². The number of ketones is 1. The van der Waals surface area contributed by atoms with Crippen molar-refractivity contribution in [2.45, 2.75) is 58.9 Å². The molecular formula is C28H38N4O4S. The fraction of sp³-hybridized carbons (Fsp3) is 0.429. The second kappa shape index (κ2) is 15.7. The van der Waals surface area contributed by atoms with Crippen LogP contribution in [0.15, 0.2) is 42.0 Å². The lowest BCUT2D eigenvalue weighted by molar-refractivity contribution is -0.105. The molecule has 0 aliphatic carbocycles. The molecule has 9 heteroatoms. The number of nitrogens with one attached hydrogen (secondary N) is 2. The van der Waals surface area contributed by atoms with Crippen molar-refractivity contribution in [2.24, 2.45) is 7.05 Å². The molecule has 1 atom stereocenters. The summed E-state index contributed by atoms with van der Waals surface area (Å²) in [6, 6.07) is 7.80. The molecule has 2 heterocycles. The minimum atomic E-state index is -0.0600. The second-order valence-corrected chi connectivity index (χ2v) is 9.70. The molecule has 2 aromatic heterocycles. The van der Waals surface area contributed by atoms with Gasteiger partial charge < -0.3 is 19.9 Å². The zero-order valence-electron chi connectivity index (χ0n) is 22.4. The maximum absolute atomic E-state index is 12.5. The molecule has 1 unspecified atom stereocenters. The van der Waals surface area contributed by atoms with Crippen molar-refractivity contribution in [3.8, 4) is 11.3 Å². The molecule has 0 saturated heterocycles. The number of thiazole rings is 1. The average Bonchev–Trinajstić information content (AvgIpc) is 3.53. The summed E-state index contributed by atoms with van der Waals surface area (Å²) in [6.45, 7) is 6.64. The summed E-state index contributed by atoms with van der Waals surface area (Å²) in [5, 5.41) is 7.84. The van der Waals surface area contributed by atoms with E-state index in [1.54, 1.807) is 19.4 Å². The Kier molecular flexibility index (Phi) is 12.7. The van der Waals surface area contributed by atoms with Crippen molar-refractivity contribution < 1.29 is 19.1 Å². The summed E-state index contributed by atoms with van der Waals surface area (Å²) in [5.74, 6) is 0.147. The first-order valence-electron chi connectivity index (χ1n) is 12.6. The highest BCUT2D eigenvalue weighted by atomic mass is 32.1. The molecular weight excluding hydrogens is 488 g/mol. The third-order valence-corrected chi connectivity index (χ3v) is 6.33. The predicted molar refractivity (Wildman–Crippen MR) is 149 cm³/mol. The van der Waals surface area contributed by atoms with Gasteiger partial charge in [0, 0.05) is 55.5 Å². The average molecular weight is 527 g/mol. The third-order valence-electron chi connectivity index (χ3n) is 5.56. The van der Waals surface area contributed by atoms with Crippen LogP contribution in [0.25, 0.3) is 11.3 Å². The Labute approximate surface area is 223 Å². The summed E-state index contributed by atoms with van der Waals surface area (Å²) in [5.41, 5.74) is 4.30. The van der Waals surface area contributed by atoms with E-state index in [2.05, 4.69) is 29.5 Å². The zero-order valence-corrected chi connectivity index (χ0v) is 23.2. The van der Waals surface area contributed by atoms with Gasteiger partial charge >= 0.3 is 0 Å². The number of methoxy groups -OCH3 is 1. The minimum absolute atomic E-state index is 0.0349. The summed E-state index contributed by atoms with van der Waals surface area (Å²) in [6.07, 6.45) is 8.68. The molecule has 3 rings (SSSR count). The lowest BCUT2D eigenvalue weighted by atomic mass is 9.94. The van der Waals surface area contributed by atoms with E-state index in [1.807, 2.05) is 48.3 Å². The third kappa shape index (κ3) is 9.59. The molecule has 0 aliphatic heterocycles. The number of rotatable bonds is 13. The molecule has 8 nitrogen and oxygen atoms in total. The van der Waals surface area contributed by atoms with Gasteiger partial charge in [0.25, 0.3) is 5.91 Å². The number of aromatic nitrogens is 2. The van der Waals surface area contributed by atoms with Crippen LogP contribution in [0.3, 0.4) is 0 Å². The number of ether oxygens (including phenoxy) is 1. The number of hydrogen-bond acceptors (Lipinski definition) is 6. The quantitative estimate of drug-likeness (QED) is 0.226. The van der Waals surface area contributed by atoms with E-state index in [9.17, 15) is 14.4 Å². The van der Waals surface area contributed by atoms with Crippen LogP contribution in [-0.4, -0.2) is 47.4 Å². The number of benzene rings is 1. The van der Waals surface area contributed by atoms with Crippen LogP contribution >= 0.6 is 11.3 Å². The van der Waals surface area contributed by atoms with Crippen molar-refractivity contribution in [1.82, 2.24) is 14.9 Å². The van der Waals surface area contributed by atoms with Gasteiger partial charge in [0.15, 0.2) is 10.9 Å². The summed E-state index contributed by atoms with van der Waals surface area (Å²) in [4.78, 5) is 38.9. The first-order valence-corrected chi connectivity index (χ1v) is 13.4. The Bertz CT molecular complexity index is 1150. The Hall–Kier alpha value is -3.30. The Morgan fingerprint density at radius 3 is 2.62 bits per heavy atom. The largest absolute Gasteiger partial charge is 0.383 e. The van der Waals surface area contributed by atoms with Crippen LogP contribution < -0.4 is 10.6 Å². The topological polar surface area (TPSA) is 102 Å². The summed E-state index contributed by atoms with van der Waals surface area (Å²) >= 11 is 1.37. The molecule has 2 amide bonds. The summed E-state index contributed by atoms with van der Waals surface area (Å²) < 4.78 is 6.77. The molecule has 37 heavy (non-hydrogen) atoms. The van der Waals surface area contributed by atoms with Gasteiger partial charge in [-0.2, -0.15) is 0 Å². The maximum atomic E-state index is 12.5. The van der Waals surface area contributed by atoms with Gasteiger partial charge in [-0.3, -0.25) is 14.4 Å². The van der Waals surface area contributed by atoms with Gasteiger partial charge in [0.2, 0.25) is 6.41 Å². The molecule has 0 bridgehead atoms. The number of amides is 2. The monoisotopic (exact) mass is 526 g/mol. The number of nitrogens with zero attached hydrogens (tertiary/aromatic N) is 2. The van der Waals surface area contributed by atoms with E-state index in [1.165, 1.54) is 11.3 Å². The highest BCUT2D eigenvalue weighted by molar-refractivity contribution is 7.14. The van der Waals surface area contributed by atoms with Crippen LogP contribution in [-0.2, 0) is 23.0 Å². The standard InChI is InChI=1S/C18H22N2O2S.C10H16N2O2/c1-3-5-7-17(22)15-10-14(9-8-13(15)6-4-2)16-11-23-18(20-16)19-12-21;1-8(7-14-3)11-10(13)9-4-5-12(2)6-9/h8-12H,3-7H2,1-2H3,(H,19,20,21);4-6,8H,7H2,1-3H3,(H,11,13). The molecule has 0 spiro atoms. The van der Waals surface area contributed by atoms with Gasteiger partial charge in [-0.25, -0.2) is 4.98 Å². The number of anilines is 1. The number of carbonyl (C=O) groups is 3. The predicted octanol–water partition coefficient (Wildman–Crippen LogP) is 5.49. The minimum Gasteiger partial charge on any atom is -0.383 e. The number of Topliss-reactive ketones (excluding diaryl/α,β-unsaturated/α-hetero) is 1. The van der Waals surface area contributed by atoms with Crippen LogP contribution in [0.5, 0.6) is 0 Å².